The second kappa shape index (κ2) is 1.63. The van der Waals surface area contributed by atoms with E-state index in [9.17, 15) is 0 Å². The fourth-order valence-electron chi connectivity index (χ4n) is 0.538. The van der Waals surface area contributed by atoms with E-state index >= 15 is 0 Å². The van der Waals surface area contributed by atoms with Gasteiger partial charge in [0.05, 0.1) is 25.9 Å². The summed E-state index contributed by atoms with van der Waals surface area (Å²) in [5.41, 5.74) is 1.16. The number of aromatic nitrogens is 2. The van der Waals surface area contributed by atoms with E-state index in [0.29, 0.717) is 0 Å². The molecule has 1 rings (SSSR count). The lowest BCUT2D eigenvalue weighted by atomic mass is 10.9. The number of aromatic amines is 1. The number of hydrogen-bond donors (Lipinski definition) is 1. The van der Waals surface area contributed by atoms with E-state index in [1.807, 2.05) is 6.20 Å². The molecule has 1 aromatic heterocycles. The van der Waals surface area contributed by atoms with Crippen molar-refractivity contribution in [3.63, 3.8) is 0 Å². The minimum absolute atomic E-state index is 1.05. The van der Waals surface area contributed by atoms with Gasteiger partial charge in [-0.3, -0.25) is 4.98 Å². The van der Waals surface area contributed by atoms with Gasteiger partial charge in [-0.1, -0.05) is 0 Å². The Morgan fingerprint density at radius 3 is 2.43 bits per heavy atom. The average Bonchev–Trinajstić information content (AvgIpc) is 1.87. The third kappa shape index (κ3) is 1.00. The second-order valence-corrected chi connectivity index (χ2v) is 3.60. The molecule has 0 unspecified atom stereocenters. The molecule has 0 saturated heterocycles. The van der Waals surface area contributed by atoms with Gasteiger partial charge in [-0.25, -0.2) is 0 Å². The Morgan fingerprint density at radius 1 is 1.57 bits per heavy atom. The molecular weight excluding hydrogens is 120 g/mol. The monoisotopic (exact) mass is 128 g/mol. The Balaban J connectivity index is 3.04. The van der Waals surface area contributed by atoms with Gasteiger partial charge in [-0.15, -0.1) is 0 Å². The first-order valence-corrected chi connectivity index (χ1v) is 4.27. The Kier molecular flexibility index (Phi) is 1.12. The molecule has 0 aliphatic rings. The highest BCUT2D eigenvalue weighted by atomic mass is 28.1. The maximum absolute atomic E-state index is 4.18. The predicted molar refractivity (Wildman–Crippen MR) is 37.7 cm³/mol. The largest absolute Gasteiger partial charge is 0.354 e. The molecule has 7 heavy (non-hydrogen) atoms. The van der Waals surface area contributed by atoms with Crippen LogP contribution in [0, 0.1) is 0 Å². The molecule has 0 aliphatic heterocycles. The molecule has 0 amide bonds. The zero-order chi connectivity index (χ0) is 5.28. The highest BCUT2D eigenvalue weighted by Gasteiger charge is 1.83. The molecular formula is C3H8N2Si2. The smallest absolute Gasteiger partial charge is 0.0838 e. The molecule has 0 atom stereocenters. The zero-order valence-corrected chi connectivity index (χ0v) is 8.52. The lowest BCUT2D eigenvalue weighted by Gasteiger charge is -1.71. The van der Waals surface area contributed by atoms with Crippen LogP contribution in [-0.4, -0.2) is 30.5 Å². The molecule has 0 saturated carbocycles. The predicted octanol–water partition coefficient (Wildman–Crippen LogP) is -3.61. The first kappa shape index (κ1) is 4.79. The summed E-state index contributed by atoms with van der Waals surface area (Å²) in [6, 6.07) is 0. The summed E-state index contributed by atoms with van der Waals surface area (Å²) in [7, 11) is 2.12. The first-order valence-electron chi connectivity index (χ1n) is 2.27. The van der Waals surface area contributed by atoms with Crippen molar-refractivity contribution in [1.29, 1.82) is 0 Å². The van der Waals surface area contributed by atoms with Crippen molar-refractivity contribution in [2.75, 3.05) is 0 Å². The molecule has 0 spiro atoms. The van der Waals surface area contributed by atoms with Gasteiger partial charge in [0.15, 0.2) is 0 Å². The molecule has 4 heteroatoms. The third-order valence-corrected chi connectivity index (χ3v) is 1.86. The van der Waals surface area contributed by atoms with Crippen LogP contribution in [0.15, 0.2) is 6.20 Å². The first-order chi connectivity index (χ1) is 3.29. The molecule has 0 fully saturated rings. The average molecular weight is 128 g/mol. The summed E-state index contributed by atoms with van der Waals surface area (Å²) in [6.45, 7) is 0. The van der Waals surface area contributed by atoms with E-state index in [1.165, 1.54) is 5.32 Å². The molecule has 1 heterocycles. The minimum atomic E-state index is 1.05. The van der Waals surface area contributed by atoms with E-state index in [0.717, 1.165) is 25.9 Å². The van der Waals surface area contributed by atoms with Gasteiger partial charge in [-0.2, -0.15) is 0 Å². The van der Waals surface area contributed by atoms with Crippen LogP contribution in [0.1, 0.15) is 0 Å². The zero-order valence-electron chi connectivity index (χ0n) is 4.52. The van der Waals surface area contributed by atoms with Crippen LogP contribution >= 0.6 is 0 Å². The molecule has 0 radical (unpaired) electrons. The topological polar surface area (TPSA) is 28.7 Å². The maximum atomic E-state index is 4.18. The van der Waals surface area contributed by atoms with E-state index in [1.54, 1.807) is 0 Å². The summed E-state index contributed by atoms with van der Waals surface area (Å²) >= 11 is 0. The van der Waals surface area contributed by atoms with Gasteiger partial charge in [-0.05, 0) is 0 Å². The van der Waals surface area contributed by atoms with Crippen molar-refractivity contribution in [2.24, 2.45) is 0 Å². The number of H-pyrrole nitrogens is 1. The Labute approximate surface area is 48.2 Å². The Morgan fingerprint density at radius 2 is 2.29 bits per heavy atom. The fraction of sp³-hybridized carbons (Fsp3) is 0. The van der Waals surface area contributed by atoms with Crippen molar-refractivity contribution >= 4 is 31.2 Å². The van der Waals surface area contributed by atoms with Gasteiger partial charge in [0.2, 0.25) is 0 Å². The van der Waals surface area contributed by atoms with Crippen LogP contribution in [0.2, 0.25) is 0 Å². The Hall–Kier alpha value is -0.356. The molecule has 1 N–H and O–H groups in total. The highest BCUT2D eigenvalue weighted by molar-refractivity contribution is 6.34. The summed E-state index contributed by atoms with van der Waals surface area (Å²) in [6.07, 6.45) is 1.98. The van der Waals surface area contributed by atoms with Crippen molar-refractivity contribution in [3.8, 4) is 0 Å². The van der Waals surface area contributed by atoms with Crippen molar-refractivity contribution in [2.45, 2.75) is 0 Å². The van der Waals surface area contributed by atoms with Crippen LogP contribution in [0.5, 0.6) is 0 Å². The van der Waals surface area contributed by atoms with Crippen LogP contribution < -0.4 is 10.8 Å². The van der Waals surface area contributed by atoms with Crippen molar-refractivity contribution < 1.29 is 0 Å². The lowest BCUT2D eigenvalue weighted by Crippen LogP contribution is -2.11. The molecule has 0 aliphatic carbocycles. The van der Waals surface area contributed by atoms with Crippen LogP contribution in [0.3, 0.4) is 0 Å². The van der Waals surface area contributed by atoms with Crippen LogP contribution in [0.4, 0.5) is 0 Å². The third-order valence-electron chi connectivity index (χ3n) is 0.834. The summed E-state index contributed by atoms with van der Waals surface area (Å²) in [4.78, 5) is 7.23. The van der Waals surface area contributed by atoms with Gasteiger partial charge >= 0.3 is 0 Å². The van der Waals surface area contributed by atoms with Crippen LogP contribution in [-0.2, 0) is 0 Å². The second-order valence-electron chi connectivity index (χ2n) is 1.63. The Bertz CT molecular complexity index is 143. The van der Waals surface area contributed by atoms with Crippen molar-refractivity contribution in [3.05, 3.63) is 6.20 Å². The van der Waals surface area contributed by atoms with Gasteiger partial charge < -0.3 is 4.98 Å². The van der Waals surface area contributed by atoms with E-state index in [-0.39, 0.29) is 0 Å². The molecule has 0 bridgehead atoms. The molecule has 1 aromatic rings. The number of imidazole rings is 1. The number of hydrogen-bond acceptors (Lipinski definition) is 1. The number of rotatable bonds is 0. The maximum Gasteiger partial charge on any atom is 0.0838 e. The molecule has 38 valence electrons. The number of nitrogens with one attached hydrogen (secondary N) is 1. The van der Waals surface area contributed by atoms with Gasteiger partial charge in [0.25, 0.3) is 0 Å². The fourth-order valence-corrected chi connectivity index (χ4v) is 1.96. The molecule has 2 nitrogen and oxygen atoms in total. The minimum Gasteiger partial charge on any atom is -0.354 e. The SMILES string of the molecule is [SiH3]c1c[nH]c([SiH3])n1. The van der Waals surface area contributed by atoms with Gasteiger partial charge in [0.1, 0.15) is 0 Å². The van der Waals surface area contributed by atoms with Gasteiger partial charge in [0, 0.05) is 11.5 Å². The summed E-state index contributed by atoms with van der Waals surface area (Å²) in [5, 5.41) is 1.23. The highest BCUT2D eigenvalue weighted by Crippen LogP contribution is 1.55. The van der Waals surface area contributed by atoms with E-state index in [4.69, 9.17) is 0 Å². The lowest BCUT2D eigenvalue weighted by molar-refractivity contribution is 1.41. The molecule has 0 aromatic carbocycles. The normalized spacial score (nSPS) is 10.3. The quantitative estimate of drug-likeness (QED) is 0.359. The summed E-state index contributed by atoms with van der Waals surface area (Å²) < 4.78 is 0. The summed E-state index contributed by atoms with van der Waals surface area (Å²) in [5.74, 6) is 0. The number of nitrogens with zero attached hydrogens (tertiary/aromatic N) is 1. The van der Waals surface area contributed by atoms with E-state index in [2.05, 4.69) is 9.97 Å². The van der Waals surface area contributed by atoms with Crippen molar-refractivity contribution in [1.82, 2.24) is 9.97 Å². The van der Waals surface area contributed by atoms with E-state index < -0.39 is 0 Å². The van der Waals surface area contributed by atoms with Crippen LogP contribution in [0.25, 0.3) is 0 Å². The standard InChI is InChI=1S/C3H8N2Si2/c6-2-1-4-3(7)5-2/h1H,6-7H3,(H,4,5).